The van der Waals surface area contributed by atoms with E-state index in [-0.39, 0.29) is 24.2 Å². The van der Waals surface area contributed by atoms with Crippen LogP contribution in [0.15, 0.2) is 78.2 Å². The van der Waals surface area contributed by atoms with Crippen LogP contribution in [0.25, 0.3) is 22.3 Å². The largest absolute Gasteiger partial charge is 0.460 e. The van der Waals surface area contributed by atoms with Crippen molar-refractivity contribution in [1.29, 1.82) is 0 Å². The van der Waals surface area contributed by atoms with Crippen LogP contribution in [0.1, 0.15) is 56.5 Å². The summed E-state index contributed by atoms with van der Waals surface area (Å²) < 4.78 is 5.59. The molecule has 0 radical (unpaired) electrons. The number of hydrogen-bond donors (Lipinski definition) is 2. The van der Waals surface area contributed by atoms with E-state index in [1.54, 1.807) is 0 Å². The van der Waals surface area contributed by atoms with Crippen molar-refractivity contribution in [2.24, 2.45) is 0 Å². The molecule has 0 spiro atoms. The first kappa shape index (κ1) is 27.7. The monoisotopic (exact) mass is 579 g/mol. The molecule has 3 aromatic carbocycles. The molecule has 8 nitrogen and oxygen atoms in total. The average Bonchev–Trinajstić information content (AvgIpc) is 3.57. The van der Waals surface area contributed by atoms with Crippen molar-refractivity contribution in [3.05, 3.63) is 88.7 Å². The lowest BCUT2D eigenvalue weighted by Gasteiger charge is -2.24. The zero-order valence-corrected chi connectivity index (χ0v) is 24.7. The second-order valence-electron chi connectivity index (χ2n) is 11.5. The highest BCUT2D eigenvalue weighted by atomic mass is 32.1. The van der Waals surface area contributed by atoms with Crippen molar-refractivity contribution in [3.8, 4) is 11.3 Å². The topological polar surface area (TPSA) is 100 Å². The summed E-state index contributed by atoms with van der Waals surface area (Å²) in [6, 6.07) is 23.8. The van der Waals surface area contributed by atoms with E-state index in [0.29, 0.717) is 25.3 Å². The molecular formula is C33H33N5O3S. The van der Waals surface area contributed by atoms with Gasteiger partial charge in [0.25, 0.3) is 0 Å². The van der Waals surface area contributed by atoms with Gasteiger partial charge in [-0.15, -0.1) is 11.3 Å². The number of aromatic nitrogens is 3. The quantitative estimate of drug-likeness (QED) is 0.193. The molecule has 1 aliphatic heterocycles. The van der Waals surface area contributed by atoms with Crippen LogP contribution in [0, 0.1) is 0 Å². The van der Waals surface area contributed by atoms with Gasteiger partial charge in [-0.25, -0.2) is 9.97 Å². The van der Waals surface area contributed by atoms with E-state index in [4.69, 9.17) is 9.72 Å². The number of carbonyl (C=O) groups is 2. The van der Waals surface area contributed by atoms with Crippen molar-refractivity contribution in [3.63, 3.8) is 0 Å². The fourth-order valence-corrected chi connectivity index (χ4v) is 6.09. The molecule has 214 valence electrons. The Morgan fingerprint density at radius 3 is 2.60 bits per heavy atom. The van der Waals surface area contributed by atoms with Gasteiger partial charge in [0.15, 0.2) is 0 Å². The van der Waals surface area contributed by atoms with Crippen LogP contribution in [-0.2, 0) is 20.9 Å². The first-order valence-corrected chi connectivity index (χ1v) is 15.0. The molecule has 1 unspecified atom stereocenters. The van der Waals surface area contributed by atoms with E-state index in [2.05, 4.69) is 15.3 Å². The van der Waals surface area contributed by atoms with Crippen LogP contribution in [0.4, 0.5) is 17.3 Å². The van der Waals surface area contributed by atoms with Gasteiger partial charge in [0.05, 0.1) is 29.7 Å². The summed E-state index contributed by atoms with van der Waals surface area (Å²) in [5.41, 5.74) is 5.96. The third kappa shape index (κ3) is 6.21. The van der Waals surface area contributed by atoms with Crippen LogP contribution < -0.4 is 10.2 Å². The van der Waals surface area contributed by atoms with Crippen molar-refractivity contribution in [1.82, 2.24) is 15.0 Å². The summed E-state index contributed by atoms with van der Waals surface area (Å²) in [5, 5.41) is 6.19. The minimum Gasteiger partial charge on any atom is -0.460 e. The Morgan fingerprint density at radius 2 is 1.81 bits per heavy atom. The lowest BCUT2D eigenvalue weighted by molar-refractivity contribution is -0.155. The Kier molecular flexibility index (Phi) is 7.51. The Morgan fingerprint density at radius 1 is 1.05 bits per heavy atom. The summed E-state index contributed by atoms with van der Waals surface area (Å²) in [6.45, 7) is 5.99. The van der Waals surface area contributed by atoms with Gasteiger partial charge in [-0.2, -0.15) is 0 Å². The smallest absolute Gasteiger partial charge is 0.306 e. The van der Waals surface area contributed by atoms with E-state index in [1.165, 1.54) is 11.3 Å². The second-order valence-corrected chi connectivity index (χ2v) is 12.4. The number of fused-ring (bicyclic) bond motifs is 2. The summed E-state index contributed by atoms with van der Waals surface area (Å²) in [4.78, 5) is 40.5. The molecule has 3 heterocycles. The molecule has 1 aliphatic rings. The van der Waals surface area contributed by atoms with E-state index >= 15 is 0 Å². The molecule has 2 aromatic heterocycles. The maximum Gasteiger partial charge on any atom is 0.306 e. The SMILES string of the molecule is CC(C)(C)OC(=O)CC1CCC(=O)N(Cc2nc(-c3ccc(Nc4nc5ccccc5[nH]4)cc3)cs2)c2ccccc21. The first-order chi connectivity index (χ1) is 20.2. The lowest BCUT2D eigenvalue weighted by atomic mass is 9.91. The zero-order chi connectivity index (χ0) is 29.3. The number of rotatable bonds is 7. The fraction of sp³-hybridized carbons (Fsp3) is 0.273. The van der Waals surface area contributed by atoms with Crippen molar-refractivity contribution in [2.45, 2.75) is 58.1 Å². The van der Waals surface area contributed by atoms with Gasteiger partial charge in [0.1, 0.15) is 10.6 Å². The number of esters is 1. The van der Waals surface area contributed by atoms with Gasteiger partial charge >= 0.3 is 5.97 Å². The Balaban J connectivity index is 1.16. The predicted octanol–water partition coefficient (Wildman–Crippen LogP) is 7.57. The number of nitrogens with one attached hydrogen (secondary N) is 2. The van der Waals surface area contributed by atoms with Crippen molar-refractivity contribution < 1.29 is 14.3 Å². The van der Waals surface area contributed by atoms with Gasteiger partial charge in [0, 0.05) is 28.7 Å². The second kappa shape index (κ2) is 11.4. The predicted molar refractivity (Wildman–Crippen MR) is 167 cm³/mol. The number of anilines is 3. The number of para-hydroxylation sites is 3. The minimum absolute atomic E-state index is 0.0342. The number of benzene rings is 3. The van der Waals surface area contributed by atoms with E-state index < -0.39 is 5.60 Å². The normalized spacial score (nSPS) is 15.4. The van der Waals surface area contributed by atoms with E-state index in [9.17, 15) is 9.59 Å². The molecule has 0 aliphatic carbocycles. The van der Waals surface area contributed by atoms with Gasteiger partial charge in [0.2, 0.25) is 11.9 Å². The lowest BCUT2D eigenvalue weighted by Crippen LogP contribution is -2.29. The number of imidazole rings is 1. The highest BCUT2D eigenvalue weighted by molar-refractivity contribution is 7.10. The van der Waals surface area contributed by atoms with Crippen LogP contribution in [0.2, 0.25) is 0 Å². The third-order valence-corrected chi connectivity index (χ3v) is 8.02. The molecule has 9 heteroatoms. The molecule has 0 saturated carbocycles. The molecule has 2 N–H and O–H groups in total. The number of aromatic amines is 1. The Labute approximate surface area is 248 Å². The number of carbonyl (C=O) groups excluding carboxylic acids is 2. The highest BCUT2D eigenvalue weighted by Crippen LogP contribution is 2.38. The Bertz CT molecular complexity index is 1700. The molecule has 0 saturated heterocycles. The van der Waals surface area contributed by atoms with Gasteiger partial charge in [-0.1, -0.05) is 42.5 Å². The van der Waals surface area contributed by atoms with Crippen LogP contribution in [0.3, 0.4) is 0 Å². The molecule has 6 rings (SSSR count). The third-order valence-electron chi connectivity index (χ3n) is 7.19. The molecular weight excluding hydrogens is 546 g/mol. The van der Waals surface area contributed by atoms with Gasteiger partial charge in [-0.05, 0) is 69.0 Å². The van der Waals surface area contributed by atoms with Crippen molar-refractivity contribution >= 4 is 51.6 Å². The van der Waals surface area contributed by atoms with Crippen molar-refractivity contribution in [2.75, 3.05) is 10.2 Å². The van der Waals surface area contributed by atoms with E-state index in [1.807, 2.05) is 104 Å². The average molecular weight is 580 g/mol. The molecule has 42 heavy (non-hydrogen) atoms. The number of H-pyrrole nitrogens is 1. The maximum absolute atomic E-state index is 13.3. The maximum atomic E-state index is 13.3. The first-order valence-electron chi connectivity index (χ1n) is 14.1. The number of nitrogens with zero attached hydrogens (tertiary/aromatic N) is 3. The van der Waals surface area contributed by atoms with Gasteiger partial charge in [-0.3, -0.25) is 9.59 Å². The summed E-state index contributed by atoms with van der Waals surface area (Å²) in [7, 11) is 0. The summed E-state index contributed by atoms with van der Waals surface area (Å²) in [6.07, 6.45) is 1.21. The fourth-order valence-electron chi connectivity index (χ4n) is 5.30. The highest BCUT2D eigenvalue weighted by Gasteiger charge is 2.31. The standard InChI is InChI=1S/C33H33N5O3S/c1-33(2,3)41-31(40)18-22-14-17-30(39)38(28-11-7-4-8-24(22)28)19-29-35-27(20-42-29)21-12-15-23(16-13-21)34-32-36-25-9-5-6-10-26(25)37-32/h4-13,15-16,20,22H,14,17-19H2,1-3H3,(H2,34,36,37). The molecule has 0 bridgehead atoms. The Hall–Kier alpha value is -4.50. The van der Waals surface area contributed by atoms with E-state index in [0.717, 1.165) is 44.2 Å². The minimum atomic E-state index is -0.545. The zero-order valence-electron chi connectivity index (χ0n) is 23.9. The van der Waals surface area contributed by atoms with Crippen LogP contribution in [-0.4, -0.2) is 32.4 Å². The van der Waals surface area contributed by atoms with Crippen LogP contribution >= 0.6 is 11.3 Å². The molecule has 1 amide bonds. The van der Waals surface area contributed by atoms with Gasteiger partial charge < -0.3 is 19.9 Å². The summed E-state index contributed by atoms with van der Waals surface area (Å²) >= 11 is 1.54. The molecule has 5 aromatic rings. The number of thiazole rings is 1. The molecule has 0 fully saturated rings. The summed E-state index contributed by atoms with van der Waals surface area (Å²) in [5.74, 6) is 0.401. The molecule has 1 atom stereocenters. The number of hydrogen-bond acceptors (Lipinski definition) is 7. The number of amides is 1. The van der Waals surface area contributed by atoms with Crippen LogP contribution in [0.5, 0.6) is 0 Å². The number of ether oxygens (including phenoxy) is 1.